The molecule has 2 rings (SSSR count). The maximum atomic E-state index is 11.9. The minimum absolute atomic E-state index is 0.0237. The number of rotatable bonds is 8. The first kappa shape index (κ1) is 16.2. The van der Waals surface area contributed by atoms with Gasteiger partial charge in [-0.3, -0.25) is 4.79 Å². The predicted molar refractivity (Wildman–Crippen MR) is 83.6 cm³/mol. The lowest BCUT2D eigenvalue weighted by molar-refractivity contribution is -0.122. The van der Waals surface area contributed by atoms with Crippen LogP contribution < -0.4 is 5.32 Å². The van der Waals surface area contributed by atoms with Crippen LogP contribution in [0.1, 0.15) is 38.3 Å². The zero-order valence-electron chi connectivity index (χ0n) is 13.0. The summed E-state index contributed by atoms with van der Waals surface area (Å²) in [7, 11) is 0. The third kappa shape index (κ3) is 4.66. The summed E-state index contributed by atoms with van der Waals surface area (Å²) in [5, 5.41) is 7.08. The van der Waals surface area contributed by atoms with E-state index in [1.54, 1.807) is 11.0 Å². The number of benzene rings is 1. The van der Waals surface area contributed by atoms with Gasteiger partial charge in [0.1, 0.15) is 12.7 Å². The average Bonchev–Trinajstić information content (AvgIpc) is 3.06. The average molecular weight is 302 g/mol. The molecule has 1 aromatic carbocycles. The van der Waals surface area contributed by atoms with Crippen molar-refractivity contribution in [2.75, 3.05) is 13.2 Å². The van der Waals surface area contributed by atoms with E-state index in [0.717, 1.165) is 17.7 Å². The summed E-state index contributed by atoms with van der Waals surface area (Å²) in [5.74, 6) is 0.0487. The van der Waals surface area contributed by atoms with Crippen molar-refractivity contribution in [1.82, 2.24) is 20.1 Å². The first-order valence-electron chi connectivity index (χ1n) is 7.52. The van der Waals surface area contributed by atoms with E-state index in [-0.39, 0.29) is 11.9 Å². The molecule has 118 valence electrons. The van der Waals surface area contributed by atoms with Crippen LogP contribution in [0.25, 0.3) is 5.69 Å². The fourth-order valence-electron chi connectivity index (χ4n) is 2.13. The highest BCUT2D eigenvalue weighted by atomic mass is 16.5. The molecule has 0 aliphatic heterocycles. The Morgan fingerprint density at radius 3 is 2.77 bits per heavy atom. The molecule has 0 aliphatic carbocycles. The lowest BCUT2D eigenvalue weighted by Crippen LogP contribution is -2.26. The molecule has 1 amide bonds. The molecule has 0 spiro atoms. The van der Waals surface area contributed by atoms with E-state index < -0.39 is 0 Å². The van der Waals surface area contributed by atoms with Crippen LogP contribution in [0.3, 0.4) is 0 Å². The number of carbonyl (C=O) groups excluding carboxylic acids is 1. The van der Waals surface area contributed by atoms with Crippen LogP contribution in [0.2, 0.25) is 0 Å². The van der Waals surface area contributed by atoms with Crippen LogP contribution >= 0.6 is 0 Å². The standard InChI is InChI=1S/C16H22N4O2/c1-3-22-10-4-5-16(21)19-13(2)14-6-8-15(9-7-14)20-12-17-11-18-20/h6-9,11-13H,3-5,10H2,1-2H3,(H,19,21). The lowest BCUT2D eigenvalue weighted by Gasteiger charge is -2.15. The van der Waals surface area contributed by atoms with Crippen molar-refractivity contribution in [1.29, 1.82) is 0 Å². The molecule has 2 aromatic rings. The first-order chi connectivity index (χ1) is 10.7. The molecule has 0 fully saturated rings. The Morgan fingerprint density at radius 1 is 1.36 bits per heavy atom. The summed E-state index contributed by atoms with van der Waals surface area (Å²) < 4.78 is 6.92. The normalized spacial score (nSPS) is 12.1. The van der Waals surface area contributed by atoms with Gasteiger partial charge < -0.3 is 10.1 Å². The summed E-state index contributed by atoms with van der Waals surface area (Å²) >= 11 is 0. The second-order valence-electron chi connectivity index (χ2n) is 5.02. The van der Waals surface area contributed by atoms with E-state index >= 15 is 0 Å². The minimum Gasteiger partial charge on any atom is -0.382 e. The maximum absolute atomic E-state index is 11.9. The van der Waals surface area contributed by atoms with E-state index in [4.69, 9.17) is 4.74 Å². The Bertz CT molecular complexity index is 566. The molecule has 1 N–H and O–H groups in total. The van der Waals surface area contributed by atoms with Crippen molar-refractivity contribution in [3.8, 4) is 5.69 Å². The number of hydrogen-bond donors (Lipinski definition) is 1. The largest absolute Gasteiger partial charge is 0.382 e. The first-order valence-corrected chi connectivity index (χ1v) is 7.52. The Hall–Kier alpha value is -2.21. The van der Waals surface area contributed by atoms with Gasteiger partial charge in [0.2, 0.25) is 5.91 Å². The molecule has 1 unspecified atom stereocenters. The van der Waals surface area contributed by atoms with Gasteiger partial charge in [0.15, 0.2) is 0 Å². The van der Waals surface area contributed by atoms with Crippen LogP contribution in [0.5, 0.6) is 0 Å². The van der Waals surface area contributed by atoms with Gasteiger partial charge in [-0.25, -0.2) is 9.67 Å². The molecule has 6 heteroatoms. The smallest absolute Gasteiger partial charge is 0.220 e. The number of nitrogens with one attached hydrogen (secondary N) is 1. The highest BCUT2D eigenvalue weighted by Crippen LogP contribution is 2.15. The summed E-state index contributed by atoms with van der Waals surface area (Å²) in [6.07, 6.45) is 4.39. The highest BCUT2D eigenvalue weighted by molar-refractivity contribution is 5.76. The summed E-state index contributed by atoms with van der Waals surface area (Å²) in [5.41, 5.74) is 2.00. The molecule has 0 saturated carbocycles. The summed E-state index contributed by atoms with van der Waals surface area (Å²) in [6.45, 7) is 5.25. The molecule has 6 nitrogen and oxygen atoms in total. The fourth-order valence-corrected chi connectivity index (χ4v) is 2.13. The van der Waals surface area contributed by atoms with Gasteiger partial charge in [-0.05, 0) is 38.0 Å². The number of carbonyl (C=O) groups is 1. The molecule has 0 radical (unpaired) electrons. The van der Waals surface area contributed by atoms with Gasteiger partial charge in [-0.2, -0.15) is 5.10 Å². The zero-order valence-corrected chi connectivity index (χ0v) is 13.0. The van der Waals surface area contributed by atoms with Crippen molar-refractivity contribution in [3.05, 3.63) is 42.5 Å². The van der Waals surface area contributed by atoms with Crippen molar-refractivity contribution in [3.63, 3.8) is 0 Å². The Labute approximate surface area is 130 Å². The van der Waals surface area contributed by atoms with Gasteiger partial charge >= 0.3 is 0 Å². The number of amides is 1. The maximum Gasteiger partial charge on any atom is 0.220 e. The SMILES string of the molecule is CCOCCCC(=O)NC(C)c1ccc(-n2cncn2)cc1. The Balaban J connectivity index is 1.84. The van der Waals surface area contributed by atoms with Gasteiger partial charge in [0, 0.05) is 19.6 Å². The topological polar surface area (TPSA) is 69.0 Å². The molecule has 22 heavy (non-hydrogen) atoms. The summed E-state index contributed by atoms with van der Waals surface area (Å²) in [4.78, 5) is 15.8. The minimum atomic E-state index is -0.0237. The third-order valence-corrected chi connectivity index (χ3v) is 3.35. The van der Waals surface area contributed by atoms with Crippen molar-refractivity contribution in [2.24, 2.45) is 0 Å². The molecule has 1 atom stereocenters. The molecule has 0 saturated heterocycles. The zero-order chi connectivity index (χ0) is 15.8. The van der Waals surface area contributed by atoms with Crippen molar-refractivity contribution in [2.45, 2.75) is 32.7 Å². The second kappa shape index (κ2) is 8.29. The molecule has 1 heterocycles. The van der Waals surface area contributed by atoms with Crippen molar-refractivity contribution < 1.29 is 9.53 Å². The third-order valence-electron chi connectivity index (χ3n) is 3.35. The van der Waals surface area contributed by atoms with Crippen LogP contribution in [0.15, 0.2) is 36.9 Å². The lowest BCUT2D eigenvalue weighted by atomic mass is 10.1. The second-order valence-corrected chi connectivity index (χ2v) is 5.02. The predicted octanol–water partition coefficient (Wildman–Crippen LogP) is 2.26. The number of aromatic nitrogens is 3. The van der Waals surface area contributed by atoms with E-state index in [0.29, 0.717) is 19.6 Å². The quantitative estimate of drug-likeness (QED) is 0.759. The van der Waals surface area contributed by atoms with Crippen LogP contribution in [-0.2, 0) is 9.53 Å². The van der Waals surface area contributed by atoms with Gasteiger partial charge in [-0.1, -0.05) is 12.1 Å². The van der Waals surface area contributed by atoms with Crippen LogP contribution in [0.4, 0.5) is 0 Å². The molecule has 0 bridgehead atoms. The van der Waals surface area contributed by atoms with Crippen LogP contribution in [0, 0.1) is 0 Å². The molecule has 0 aliphatic rings. The van der Waals surface area contributed by atoms with Gasteiger partial charge in [-0.15, -0.1) is 0 Å². The van der Waals surface area contributed by atoms with Crippen LogP contribution in [-0.4, -0.2) is 33.9 Å². The number of hydrogen-bond acceptors (Lipinski definition) is 4. The fraction of sp³-hybridized carbons (Fsp3) is 0.438. The number of ether oxygens (including phenoxy) is 1. The van der Waals surface area contributed by atoms with E-state index in [1.807, 2.05) is 38.1 Å². The van der Waals surface area contributed by atoms with E-state index in [1.165, 1.54) is 6.33 Å². The van der Waals surface area contributed by atoms with E-state index in [2.05, 4.69) is 15.4 Å². The molecule has 1 aromatic heterocycles. The Morgan fingerprint density at radius 2 is 2.14 bits per heavy atom. The molecular weight excluding hydrogens is 280 g/mol. The van der Waals surface area contributed by atoms with Crippen molar-refractivity contribution >= 4 is 5.91 Å². The highest BCUT2D eigenvalue weighted by Gasteiger charge is 2.09. The summed E-state index contributed by atoms with van der Waals surface area (Å²) in [6, 6.07) is 7.87. The molecular formula is C16H22N4O2. The van der Waals surface area contributed by atoms with Gasteiger partial charge in [0.25, 0.3) is 0 Å². The van der Waals surface area contributed by atoms with Gasteiger partial charge in [0.05, 0.1) is 11.7 Å². The number of nitrogens with zero attached hydrogens (tertiary/aromatic N) is 3. The monoisotopic (exact) mass is 302 g/mol. The van der Waals surface area contributed by atoms with E-state index in [9.17, 15) is 4.79 Å². The Kier molecular flexibility index (Phi) is 6.09.